The van der Waals surface area contributed by atoms with Crippen molar-refractivity contribution < 1.29 is 9.90 Å². The van der Waals surface area contributed by atoms with E-state index in [1.54, 1.807) is 0 Å². The van der Waals surface area contributed by atoms with Crippen molar-refractivity contribution in [1.82, 2.24) is 0 Å². The van der Waals surface area contributed by atoms with Crippen molar-refractivity contribution in [1.29, 1.82) is 10.5 Å². The van der Waals surface area contributed by atoms with E-state index < -0.39 is 16.7 Å². The van der Waals surface area contributed by atoms with Gasteiger partial charge in [0.25, 0.3) is 0 Å². The van der Waals surface area contributed by atoms with Crippen LogP contribution in [-0.4, -0.2) is 10.9 Å². The fourth-order valence-corrected chi connectivity index (χ4v) is 4.64. The van der Waals surface area contributed by atoms with Gasteiger partial charge in [0.05, 0.1) is 17.7 Å². The van der Waals surface area contributed by atoms with Crippen LogP contribution < -0.4 is 0 Å². The Hall–Kier alpha value is -3.63. The minimum atomic E-state index is -1.52. The predicted octanol–water partition coefficient (Wildman–Crippen LogP) is 5.61. The van der Waals surface area contributed by atoms with Crippen molar-refractivity contribution in [2.24, 2.45) is 10.8 Å². The third kappa shape index (κ3) is 3.02. The maximum absolute atomic E-state index is 12.7. The lowest BCUT2D eigenvalue weighted by atomic mass is 9.58. The molecule has 2 aliphatic carbocycles. The zero-order chi connectivity index (χ0) is 21.5. The molecule has 0 aliphatic heterocycles. The summed E-state index contributed by atoms with van der Waals surface area (Å²) in [5.74, 6) is -0.795. The van der Waals surface area contributed by atoms with Crippen LogP contribution in [-0.2, 0) is 4.79 Å². The second kappa shape index (κ2) is 7.01. The highest BCUT2D eigenvalue weighted by molar-refractivity contribution is 6.03. The molecular formula is C26H22N2O2. The molecule has 0 unspecified atom stereocenters. The maximum atomic E-state index is 12.7. The number of allylic oxidation sites excluding steroid dienone is 4. The van der Waals surface area contributed by atoms with Gasteiger partial charge in [0.2, 0.25) is 0 Å². The first-order chi connectivity index (χ1) is 14.3. The van der Waals surface area contributed by atoms with Crippen LogP contribution in [0.1, 0.15) is 38.2 Å². The Kier molecular flexibility index (Phi) is 4.60. The van der Waals surface area contributed by atoms with Crippen molar-refractivity contribution in [2.75, 3.05) is 0 Å². The van der Waals surface area contributed by atoms with Crippen molar-refractivity contribution in [3.8, 4) is 23.3 Å². The third-order valence-corrected chi connectivity index (χ3v) is 6.11. The molecule has 0 spiro atoms. The highest BCUT2D eigenvalue weighted by Crippen LogP contribution is 2.55. The van der Waals surface area contributed by atoms with Crippen LogP contribution in [0.25, 0.3) is 11.1 Å². The number of rotatable bonds is 2. The van der Waals surface area contributed by atoms with E-state index in [0.717, 1.165) is 16.7 Å². The number of benzene rings is 2. The number of carbonyl (C=O) groups is 1. The van der Waals surface area contributed by atoms with Crippen molar-refractivity contribution in [2.45, 2.75) is 32.6 Å². The van der Waals surface area contributed by atoms with E-state index >= 15 is 0 Å². The molecule has 4 rings (SSSR count). The van der Waals surface area contributed by atoms with Gasteiger partial charge in [-0.3, -0.25) is 4.79 Å². The predicted molar refractivity (Wildman–Crippen MR) is 114 cm³/mol. The first kappa shape index (κ1) is 19.7. The Labute approximate surface area is 176 Å². The number of ketones is 1. The van der Waals surface area contributed by atoms with Gasteiger partial charge in [-0.2, -0.15) is 10.5 Å². The molecular weight excluding hydrogens is 372 g/mol. The third-order valence-electron chi connectivity index (χ3n) is 6.11. The number of hydrogen-bond donors (Lipinski definition) is 1. The average Bonchev–Trinajstić information content (AvgIpc) is 2.73. The fourth-order valence-electron chi connectivity index (χ4n) is 4.64. The van der Waals surface area contributed by atoms with Gasteiger partial charge >= 0.3 is 0 Å². The largest absolute Gasteiger partial charge is 0.512 e. The number of carbonyl (C=O) groups excluding carboxylic acids is 1. The lowest BCUT2D eigenvalue weighted by molar-refractivity contribution is -0.117. The Balaban J connectivity index is 1.84. The molecule has 0 radical (unpaired) electrons. The fraction of sp³-hybridized carbons (Fsp3) is 0.269. The number of nitrogens with zero attached hydrogens (tertiary/aromatic N) is 2. The van der Waals surface area contributed by atoms with E-state index in [2.05, 4.69) is 12.1 Å². The molecule has 30 heavy (non-hydrogen) atoms. The smallest absolute Gasteiger partial charge is 0.176 e. The number of nitriles is 2. The van der Waals surface area contributed by atoms with Gasteiger partial charge in [-0.25, -0.2) is 0 Å². The normalized spacial score (nSPS) is 21.8. The SMILES string of the molecule is CC1(C)C=C2C(=C(O)C[C@H](c3ccc(-c4ccccc4)cc3)C2(C#N)C#N)C(=O)C1. The van der Waals surface area contributed by atoms with Crippen molar-refractivity contribution in [3.63, 3.8) is 0 Å². The monoisotopic (exact) mass is 394 g/mol. The molecule has 2 aromatic rings. The average molecular weight is 394 g/mol. The lowest BCUT2D eigenvalue weighted by Crippen LogP contribution is -2.39. The van der Waals surface area contributed by atoms with Gasteiger partial charge in [0, 0.05) is 18.8 Å². The van der Waals surface area contributed by atoms with E-state index in [9.17, 15) is 20.4 Å². The minimum Gasteiger partial charge on any atom is -0.512 e. The van der Waals surface area contributed by atoms with Gasteiger partial charge in [-0.05, 0) is 27.7 Å². The van der Waals surface area contributed by atoms with Gasteiger partial charge in [0.15, 0.2) is 11.2 Å². The molecule has 148 valence electrons. The summed E-state index contributed by atoms with van der Waals surface area (Å²) in [6.45, 7) is 3.81. The summed E-state index contributed by atoms with van der Waals surface area (Å²) in [5.41, 5.74) is 1.41. The van der Waals surface area contributed by atoms with Crippen LogP contribution in [0.5, 0.6) is 0 Å². The quantitative estimate of drug-likeness (QED) is 0.717. The topological polar surface area (TPSA) is 84.9 Å². The van der Waals surface area contributed by atoms with E-state index in [0.29, 0.717) is 5.57 Å². The minimum absolute atomic E-state index is 0.0278. The zero-order valence-corrected chi connectivity index (χ0v) is 17.0. The molecule has 0 heterocycles. The molecule has 1 N–H and O–H groups in total. The molecule has 2 aromatic carbocycles. The van der Waals surface area contributed by atoms with Crippen molar-refractivity contribution >= 4 is 5.78 Å². The second-order valence-electron chi connectivity index (χ2n) is 8.74. The van der Waals surface area contributed by atoms with Crippen LogP contribution in [0.15, 0.2) is 77.6 Å². The number of aliphatic hydroxyl groups excluding tert-OH is 1. The van der Waals surface area contributed by atoms with E-state index in [4.69, 9.17) is 0 Å². The van der Waals surface area contributed by atoms with Crippen molar-refractivity contribution in [3.05, 3.63) is 83.1 Å². The molecule has 1 atom stereocenters. The molecule has 0 fully saturated rings. The van der Waals surface area contributed by atoms with Crippen LogP contribution in [0.4, 0.5) is 0 Å². The van der Waals surface area contributed by atoms with Gasteiger partial charge in [-0.1, -0.05) is 74.5 Å². The van der Waals surface area contributed by atoms with E-state index in [1.807, 2.05) is 74.5 Å². The highest BCUT2D eigenvalue weighted by Gasteiger charge is 2.53. The summed E-state index contributed by atoms with van der Waals surface area (Å²) >= 11 is 0. The maximum Gasteiger partial charge on any atom is 0.176 e. The summed E-state index contributed by atoms with van der Waals surface area (Å²) in [7, 11) is 0. The standard InChI is InChI=1S/C26H22N2O2/c1-25(2)13-21-24(23(30)14-25)22(29)12-20(26(21,15-27)16-28)19-10-8-18(9-11-19)17-6-4-3-5-7-17/h3-11,13,20,29H,12,14H2,1-2H3/t20-/m1/s1. The van der Waals surface area contributed by atoms with E-state index in [-0.39, 0.29) is 30.0 Å². The summed E-state index contributed by atoms with van der Waals surface area (Å²) in [6.07, 6.45) is 2.17. The van der Waals surface area contributed by atoms with Crippen LogP contribution in [0.3, 0.4) is 0 Å². The molecule has 0 saturated carbocycles. The number of hydrogen-bond acceptors (Lipinski definition) is 4. The first-order valence-electron chi connectivity index (χ1n) is 9.98. The lowest BCUT2D eigenvalue weighted by Gasteiger charge is -2.41. The molecule has 4 nitrogen and oxygen atoms in total. The Bertz CT molecular complexity index is 1140. The number of Topliss-reactive ketones (excluding diaryl/α,β-unsaturated/α-hetero) is 1. The molecule has 0 aromatic heterocycles. The van der Waals surface area contributed by atoms with Crippen LogP contribution in [0, 0.1) is 33.5 Å². The molecule has 0 amide bonds. The highest BCUT2D eigenvalue weighted by atomic mass is 16.3. The molecule has 0 bridgehead atoms. The van der Waals surface area contributed by atoms with Gasteiger partial charge in [-0.15, -0.1) is 0 Å². The zero-order valence-electron chi connectivity index (χ0n) is 17.0. The Morgan fingerprint density at radius 3 is 2.17 bits per heavy atom. The molecule has 2 aliphatic rings. The molecule has 0 saturated heterocycles. The first-order valence-corrected chi connectivity index (χ1v) is 9.98. The van der Waals surface area contributed by atoms with E-state index in [1.165, 1.54) is 0 Å². The summed E-state index contributed by atoms with van der Waals surface area (Å²) in [4.78, 5) is 12.7. The Morgan fingerprint density at radius 2 is 1.57 bits per heavy atom. The summed E-state index contributed by atoms with van der Waals surface area (Å²) < 4.78 is 0. The van der Waals surface area contributed by atoms with Crippen LogP contribution in [0.2, 0.25) is 0 Å². The van der Waals surface area contributed by atoms with Gasteiger partial charge in [0.1, 0.15) is 5.76 Å². The second-order valence-corrected chi connectivity index (χ2v) is 8.74. The summed E-state index contributed by atoms with van der Waals surface area (Å²) in [6, 6.07) is 22.1. The number of fused-ring (bicyclic) bond motifs is 1. The molecule has 4 heteroatoms. The Morgan fingerprint density at radius 1 is 0.967 bits per heavy atom. The summed E-state index contributed by atoms with van der Waals surface area (Å²) in [5, 5.41) is 31.0. The number of aliphatic hydroxyl groups is 1. The van der Waals surface area contributed by atoms with Crippen LogP contribution >= 0.6 is 0 Å². The van der Waals surface area contributed by atoms with Gasteiger partial charge < -0.3 is 5.11 Å².